The summed E-state index contributed by atoms with van der Waals surface area (Å²) in [6.45, 7) is 7.52. The summed E-state index contributed by atoms with van der Waals surface area (Å²) in [5, 5.41) is 2.97. The quantitative estimate of drug-likeness (QED) is 0.891. The van der Waals surface area contributed by atoms with Crippen molar-refractivity contribution < 1.29 is 4.79 Å². The number of aryl methyl sites for hydroxylation is 2. The van der Waals surface area contributed by atoms with Crippen LogP contribution in [0, 0.1) is 19.8 Å². The predicted molar refractivity (Wildman–Crippen MR) is 101 cm³/mol. The molecule has 6 nitrogen and oxygen atoms in total. The number of amides is 2. The van der Waals surface area contributed by atoms with E-state index in [9.17, 15) is 4.79 Å². The maximum absolute atomic E-state index is 12.4. The van der Waals surface area contributed by atoms with Crippen LogP contribution in [-0.2, 0) is 6.54 Å². The van der Waals surface area contributed by atoms with Gasteiger partial charge < -0.3 is 15.1 Å². The molecular weight excluding hydrogens is 334 g/mol. The third kappa shape index (κ3) is 4.76. The predicted octanol–water partition coefficient (Wildman–Crippen LogP) is 3.14. The van der Waals surface area contributed by atoms with Crippen LogP contribution < -0.4 is 5.32 Å². The Morgan fingerprint density at radius 2 is 2.28 bits per heavy atom. The molecule has 2 amide bonds. The molecule has 0 aliphatic carbocycles. The molecule has 0 saturated carbocycles. The van der Waals surface area contributed by atoms with E-state index in [2.05, 4.69) is 34.2 Å². The van der Waals surface area contributed by atoms with Crippen LogP contribution in [-0.4, -0.2) is 52.5 Å². The number of nitrogens with one attached hydrogen (secondary N) is 1. The summed E-state index contributed by atoms with van der Waals surface area (Å²) in [6.07, 6.45) is 2.77. The summed E-state index contributed by atoms with van der Waals surface area (Å²) >= 11 is 1.71. The molecule has 3 heterocycles. The van der Waals surface area contributed by atoms with Gasteiger partial charge >= 0.3 is 6.03 Å². The molecule has 1 aliphatic rings. The molecule has 0 unspecified atom stereocenters. The van der Waals surface area contributed by atoms with Crippen molar-refractivity contribution in [1.82, 2.24) is 19.8 Å². The molecule has 1 fully saturated rings. The van der Waals surface area contributed by atoms with Crippen molar-refractivity contribution in [3.8, 4) is 0 Å². The lowest BCUT2D eigenvalue weighted by molar-refractivity contribution is 0.217. The average Bonchev–Trinajstić information content (AvgIpc) is 3.17. The third-order valence-corrected chi connectivity index (χ3v) is 5.47. The molecule has 3 rings (SSSR count). The zero-order valence-electron chi connectivity index (χ0n) is 15.0. The Morgan fingerprint density at radius 1 is 1.44 bits per heavy atom. The summed E-state index contributed by atoms with van der Waals surface area (Å²) in [7, 11) is 2.14. The Bertz CT molecular complexity index is 732. The van der Waals surface area contributed by atoms with E-state index in [0.29, 0.717) is 5.92 Å². The molecular formula is C18H25N5OS. The number of anilines is 1. The number of aromatic nitrogens is 2. The average molecular weight is 359 g/mol. The number of hydrogen-bond acceptors (Lipinski definition) is 5. The van der Waals surface area contributed by atoms with Gasteiger partial charge in [0.15, 0.2) is 0 Å². The molecule has 0 bridgehead atoms. The minimum atomic E-state index is -0.0194. The standard InChI is InChI=1S/C18H25N5OS/c1-13-8-16(4-6-19-13)21-18(24)23-7-5-15(10-23)9-22(3)11-17-14(2)20-12-25-17/h4,6,8,12,15H,5,7,9-11H2,1-3H3,(H,19,21,24)/t15-/m0/s1. The van der Waals surface area contributed by atoms with Gasteiger partial charge in [0.05, 0.1) is 11.2 Å². The summed E-state index contributed by atoms with van der Waals surface area (Å²) < 4.78 is 0. The summed E-state index contributed by atoms with van der Waals surface area (Å²) in [5.41, 5.74) is 4.73. The van der Waals surface area contributed by atoms with Gasteiger partial charge in [-0.1, -0.05) is 0 Å². The van der Waals surface area contributed by atoms with Crippen LogP contribution in [0.3, 0.4) is 0 Å². The van der Waals surface area contributed by atoms with Gasteiger partial charge in [0.25, 0.3) is 0 Å². The van der Waals surface area contributed by atoms with Crippen molar-refractivity contribution in [1.29, 1.82) is 0 Å². The molecule has 1 saturated heterocycles. The first-order chi connectivity index (χ1) is 12.0. The summed E-state index contributed by atoms with van der Waals surface area (Å²) in [4.78, 5) is 26.5. The van der Waals surface area contributed by atoms with Crippen molar-refractivity contribution in [2.75, 3.05) is 32.0 Å². The highest BCUT2D eigenvalue weighted by molar-refractivity contribution is 7.09. The number of rotatable bonds is 5. The number of carbonyl (C=O) groups excluding carboxylic acids is 1. The highest BCUT2D eigenvalue weighted by Gasteiger charge is 2.27. The van der Waals surface area contributed by atoms with Crippen LogP contribution >= 0.6 is 11.3 Å². The number of likely N-dealkylation sites (tertiary alicyclic amines) is 1. The fraction of sp³-hybridized carbons (Fsp3) is 0.500. The maximum Gasteiger partial charge on any atom is 0.321 e. The van der Waals surface area contributed by atoms with Gasteiger partial charge in [-0.2, -0.15) is 0 Å². The Morgan fingerprint density at radius 3 is 3.00 bits per heavy atom. The number of carbonyl (C=O) groups is 1. The molecule has 1 atom stereocenters. The second-order valence-electron chi connectivity index (χ2n) is 6.77. The van der Waals surface area contributed by atoms with E-state index in [1.165, 1.54) is 4.88 Å². The Kier molecular flexibility index (Phi) is 5.65. The van der Waals surface area contributed by atoms with Crippen LogP contribution in [0.1, 0.15) is 22.7 Å². The minimum Gasteiger partial charge on any atom is -0.324 e. The number of pyridine rings is 1. The van der Waals surface area contributed by atoms with Crippen LogP contribution in [0.15, 0.2) is 23.8 Å². The van der Waals surface area contributed by atoms with Gasteiger partial charge in [0, 0.05) is 48.6 Å². The number of nitrogens with zero attached hydrogens (tertiary/aromatic N) is 4. The maximum atomic E-state index is 12.4. The lowest BCUT2D eigenvalue weighted by atomic mass is 10.1. The minimum absolute atomic E-state index is 0.0194. The number of thiazole rings is 1. The summed E-state index contributed by atoms with van der Waals surface area (Å²) in [6, 6.07) is 3.69. The Balaban J connectivity index is 1.48. The topological polar surface area (TPSA) is 61.4 Å². The molecule has 0 spiro atoms. The normalized spacial score (nSPS) is 17.3. The molecule has 2 aromatic heterocycles. The fourth-order valence-electron chi connectivity index (χ4n) is 3.22. The van der Waals surface area contributed by atoms with Crippen LogP contribution in [0.4, 0.5) is 10.5 Å². The molecule has 7 heteroatoms. The molecule has 25 heavy (non-hydrogen) atoms. The van der Waals surface area contributed by atoms with E-state index in [-0.39, 0.29) is 6.03 Å². The first-order valence-corrected chi connectivity index (χ1v) is 9.45. The van der Waals surface area contributed by atoms with E-state index in [0.717, 1.165) is 49.7 Å². The van der Waals surface area contributed by atoms with Gasteiger partial charge in [-0.15, -0.1) is 11.3 Å². The van der Waals surface area contributed by atoms with E-state index < -0.39 is 0 Å². The monoisotopic (exact) mass is 359 g/mol. The van der Waals surface area contributed by atoms with Crippen LogP contribution in [0.2, 0.25) is 0 Å². The first kappa shape index (κ1) is 17.8. The van der Waals surface area contributed by atoms with Crippen molar-refractivity contribution >= 4 is 23.1 Å². The van der Waals surface area contributed by atoms with Gasteiger partial charge in [-0.25, -0.2) is 9.78 Å². The van der Waals surface area contributed by atoms with Crippen LogP contribution in [0.25, 0.3) is 0 Å². The lowest BCUT2D eigenvalue weighted by Crippen LogP contribution is -2.34. The van der Waals surface area contributed by atoms with Gasteiger partial charge in [-0.05, 0) is 45.4 Å². The van der Waals surface area contributed by atoms with E-state index in [1.807, 2.05) is 29.5 Å². The fourth-order valence-corrected chi connectivity index (χ4v) is 4.08. The molecule has 2 aromatic rings. The smallest absolute Gasteiger partial charge is 0.321 e. The second-order valence-corrected chi connectivity index (χ2v) is 7.71. The van der Waals surface area contributed by atoms with E-state index in [4.69, 9.17) is 0 Å². The van der Waals surface area contributed by atoms with Crippen LogP contribution in [0.5, 0.6) is 0 Å². The SMILES string of the molecule is Cc1cc(NC(=O)N2CC[C@@H](CN(C)Cc3scnc3C)C2)ccn1. The lowest BCUT2D eigenvalue weighted by Gasteiger charge is -2.21. The second kappa shape index (κ2) is 7.93. The van der Waals surface area contributed by atoms with Crippen molar-refractivity contribution in [2.45, 2.75) is 26.8 Å². The molecule has 0 aromatic carbocycles. The van der Waals surface area contributed by atoms with Gasteiger partial charge in [-0.3, -0.25) is 4.98 Å². The Labute approximate surface area is 152 Å². The van der Waals surface area contributed by atoms with Gasteiger partial charge in [0.2, 0.25) is 0 Å². The number of urea groups is 1. The van der Waals surface area contributed by atoms with Crippen molar-refractivity contribution in [3.63, 3.8) is 0 Å². The van der Waals surface area contributed by atoms with Crippen molar-refractivity contribution in [3.05, 3.63) is 40.1 Å². The summed E-state index contributed by atoms with van der Waals surface area (Å²) in [5.74, 6) is 0.517. The highest BCUT2D eigenvalue weighted by atomic mass is 32.1. The first-order valence-electron chi connectivity index (χ1n) is 8.57. The van der Waals surface area contributed by atoms with E-state index in [1.54, 1.807) is 17.5 Å². The van der Waals surface area contributed by atoms with Crippen molar-refractivity contribution in [2.24, 2.45) is 5.92 Å². The third-order valence-electron chi connectivity index (χ3n) is 4.55. The highest BCUT2D eigenvalue weighted by Crippen LogP contribution is 2.21. The zero-order valence-corrected chi connectivity index (χ0v) is 15.8. The van der Waals surface area contributed by atoms with E-state index >= 15 is 0 Å². The molecule has 0 radical (unpaired) electrons. The largest absolute Gasteiger partial charge is 0.324 e. The molecule has 1 N–H and O–H groups in total. The molecule has 1 aliphatic heterocycles. The molecule has 134 valence electrons. The zero-order chi connectivity index (χ0) is 17.8. The van der Waals surface area contributed by atoms with Gasteiger partial charge in [0.1, 0.15) is 0 Å². The number of hydrogen-bond donors (Lipinski definition) is 1. The Hall–Kier alpha value is -1.99.